The van der Waals surface area contributed by atoms with E-state index in [1.54, 1.807) is 6.20 Å². The Bertz CT molecular complexity index is 258. The van der Waals surface area contributed by atoms with Crippen LogP contribution >= 0.6 is 0 Å². The maximum absolute atomic E-state index is 5.83. The van der Waals surface area contributed by atoms with Crippen molar-refractivity contribution < 1.29 is 4.74 Å². The number of pyridine rings is 1. The minimum Gasteiger partial charge on any atom is -0.492 e. The molecule has 0 bridgehead atoms. The number of rotatable bonds is 5. The van der Waals surface area contributed by atoms with Gasteiger partial charge in [-0.3, -0.25) is 4.98 Å². The van der Waals surface area contributed by atoms with Crippen molar-refractivity contribution in [3.8, 4) is 5.75 Å². The van der Waals surface area contributed by atoms with Gasteiger partial charge in [-0.05, 0) is 25.5 Å². The molecule has 0 radical (unpaired) electrons. The highest BCUT2D eigenvalue weighted by Crippen LogP contribution is 2.10. The van der Waals surface area contributed by atoms with Gasteiger partial charge in [0.2, 0.25) is 0 Å². The maximum Gasteiger partial charge on any atom is 0.137 e. The Labute approximate surface area is 85.3 Å². The third-order valence-electron chi connectivity index (χ3n) is 2.10. The predicted molar refractivity (Wildman–Crippen MR) is 57.4 cm³/mol. The molecule has 1 heterocycles. The van der Waals surface area contributed by atoms with E-state index in [1.165, 1.54) is 0 Å². The van der Waals surface area contributed by atoms with Crippen molar-refractivity contribution in [2.24, 2.45) is 5.73 Å². The van der Waals surface area contributed by atoms with Crippen LogP contribution in [0.5, 0.6) is 5.75 Å². The highest BCUT2D eigenvalue weighted by molar-refractivity contribution is 5.20. The monoisotopic (exact) mass is 194 g/mol. The van der Waals surface area contributed by atoms with Crippen molar-refractivity contribution >= 4 is 0 Å². The number of nitrogens with zero attached hydrogens (tertiary/aromatic N) is 1. The summed E-state index contributed by atoms with van der Waals surface area (Å²) in [5.41, 5.74) is 6.86. The van der Waals surface area contributed by atoms with Gasteiger partial charge in [-0.15, -0.1) is 0 Å². The highest BCUT2D eigenvalue weighted by atomic mass is 16.5. The van der Waals surface area contributed by atoms with Gasteiger partial charge in [-0.25, -0.2) is 0 Å². The topological polar surface area (TPSA) is 48.1 Å². The molecule has 0 aliphatic rings. The molecule has 0 saturated heterocycles. The summed E-state index contributed by atoms with van der Waals surface area (Å²) in [4.78, 5) is 4.28. The summed E-state index contributed by atoms with van der Waals surface area (Å²) in [6.45, 7) is 4.72. The van der Waals surface area contributed by atoms with E-state index >= 15 is 0 Å². The first kappa shape index (κ1) is 11.0. The van der Waals surface area contributed by atoms with Crippen LogP contribution in [0.3, 0.4) is 0 Å². The smallest absolute Gasteiger partial charge is 0.137 e. The minimum absolute atomic E-state index is 0.209. The largest absolute Gasteiger partial charge is 0.492 e. The molecular formula is C11H18N2O. The number of hydrogen-bond acceptors (Lipinski definition) is 3. The van der Waals surface area contributed by atoms with Crippen LogP contribution in [0.25, 0.3) is 0 Å². The van der Waals surface area contributed by atoms with Crippen molar-refractivity contribution in [2.75, 3.05) is 6.61 Å². The summed E-state index contributed by atoms with van der Waals surface area (Å²) >= 11 is 0. The van der Waals surface area contributed by atoms with Gasteiger partial charge in [0, 0.05) is 18.2 Å². The first-order valence-corrected chi connectivity index (χ1v) is 5.09. The number of nitrogens with two attached hydrogens (primary N) is 1. The van der Waals surface area contributed by atoms with Crippen LogP contribution in [0, 0.1) is 0 Å². The van der Waals surface area contributed by atoms with Crippen LogP contribution in [-0.4, -0.2) is 17.6 Å². The van der Waals surface area contributed by atoms with E-state index in [2.05, 4.69) is 11.9 Å². The van der Waals surface area contributed by atoms with Crippen molar-refractivity contribution in [3.05, 3.63) is 24.0 Å². The SMILES string of the molecule is CCOc1ccc(CC(N)CC)nc1. The molecule has 0 aromatic carbocycles. The Balaban J connectivity index is 2.54. The predicted octanol–water partition coefficient (Wildman–Crippen LogP) is 1.76. The Hall–Kier alpha value is -1.09. The molecule has 1 atom stereocenters. The van der Waals surface area contributed by atoms with Crippen LogP contribution in [0.1, 0.15) is 26.0 Å². The maximum atomic E-state index is 5.83. The third kappa shape index (κ3) is 3.34. The molecule has 0 aliphatic carbocycles. The lowest BCUT2D eigenvalue weighted by molar-refractivity contribution is 0.338. The molecular weight excluding hydrogens is 176 g/mol. The first-order valence-electron chi connectivity index (χ1n) is 5.09. The summed E-state index contributed by atoms with van der Waals surface area (Å²) in [5.74, 6) is 0.821. The number of ether oxygens (including phenoxy) is 1. The summed E-state index contributed by atoms with van der Waals surface area (Å²) in [6.07, 6.45) is 3.57. The fourth-order valence-corrected chi connectivity index (χ4v) is 1.20. The van der Waals surface area contributed by atoms with Gasteiger partial charge in [0.05, 0.1) is 12.8 Å². The number of hydrogen-bond donors (Lipinski definition) is 1. The fraction of sp³-hybridized carbons (Fsp3) is 0.545. The van der Waals surface area contributed by atoms with Crippen LogP contribution in [0.4, 0.5) is 0 Å². The van der Waals surface area contributed by atoms with Crippen molar-refractivity contribution in [1.29, 1.82) is 0 Å². The quantitative estimate of drug-likeness (QED) is 0.777. The summed E-state index contributed by atoms with van der Waals surface area (Å²) in [6, 6.07) is 4.12. The molecule has 0 fully saturated rings. The second kappa shape index (κ2) is 5.60. The second-order valence-corrected chi connectivity index (χ2v) is 3.29. The van der Waals surface area contributed by atoms with Gasteiger partial charge in [-0.2, -0.15) is 0 Å². The highest BCUT2D eigenvalue weighted by Gasteiger charge is 2.02. The zero-order chi connectivity index (χ0) is 10.4. The second-order valence-electron chi connectivity index (χ2n) is 3.29. The van der Waals surface area contributed by atoms with E-state index in [0.717, 1.165) is 24.3 Å². The Morgan fingerprint density at radius 3 is 2.71 bits per heavy atom. The van der Waals surface area contributed by atoms with Gasteiger partial charge in [0.15, 0.2) is 0 Å². The molecule has 3 heteroatoms. The fourth-order valence-electron chi connectivity index (χ4n) is 1.20. The van der Waals surface area contributed by atoms with E-state index < -0.39 is 0 Å². The van der Waals surface area contributed by atoms with E-state index in [9.17, 15) is 0 Å². The van der Waals surface area contributed by atoms with Gasteiger partial charge >= 0.3 is 0 Å². The van der Waals surface area contributed by atoms with Crippen molar-refractivity contribution in [1.82, 2.24) is 4.98 Å². The standard InChI is InChI=1S/C11H18N2O/c1-3-9(12)7-10-5-6-11(8-13-10)14-4-2/h5-6,8-9H,3-4,7,12H2,1-2H3. The molecule has 14 heavy (non-hydrogen) atoms. The Kier molecular flexibility index (Phi) is 4.40. The van der Waals surface area contributed by atoms with E-state index in [-0.39, 0.29) is 6.04 Å². The molecule has 0 amide bonds. The summed E-state index contributed by atoms with van der Waals surface area (Å²) < 4.78 is 5.30. The molecule has 1 rings (SSSR count). The average Bonchev–Trinajstić information content (AvgIpc) is 2.21. The molecule has 0 spiro atoms. The average molecular weight is 194 g/mol. The molecule has 1 unspecified atom stereocenters. The van der Waals surface area contributed by atoms with Crippen LogP contribution < -0.4 is 10.5 Å². The van der Waals surface area contributed by atoms with Gasteiger partial charge in [-0.1, -0.05) is 6.92 Å². The zero-order valence-electron chi connectivity index (χ0n) is 8.86. The lowest BCUT2D eigenvalue weighted by Gasteiger charge is -2.08. The van der Waals surface area contributed by atoms with Gasteiger partial charge in [0.25, 0.3) is 0 Å². The normalized spacial score (nSPS) is 12.5. The molecule has 1 aromatic rings. The lowest BCUT2D eigenvalue weighted by Crippen LogP contribution is -2.21. The summed E-state index contributed by atoms with van der Waals surface area (Å²) in [7, 11) is 0. The van der Waals surface area contributed by atoms with Crippen LogP contribution in [0.15, 0.2) is 18.3 Å². The Morgan fingerprint density at radius 1 is 1.43 bits per heavy atom. The molecule has 2 N–H and O–H groups in total. The molecule has 78 valence electrons. The van der Waals surface area contributed by atoms with Crippen LogP contribution in [-0.2, 0) is 6.42 Å². The molecule has 0 saturated carbocycles. The molecule has 0 aliphatic heterocycles. The zero-order valence-corrected chi connectivity index (χ0v) is 8.86. The lowest BCUT2D eigenvalue weighted by atomic mass is 10.1. The van der Waals surface area contributed by atoms with E-state index in [0.29, 0.717) is 6.61 Å². The van der Waals surface area contributed by atoms with Crippen molar-refractivity contribution in [2.45, 2.75) is 32.7 Å². The van der Waals surface area contributed by atoms with Crippen molar-refractivity contribution in [3.63, 3.8) is 0 Å². The summed E-state index contributed by atoms with van der Waals surface area (Å²) in [5, 5.41) is 0. The van der Waals surface area contributed by atoms with E-state index in [4.69, 9.17) is 10.5 Å². The molecule has 1 aromatic heterocycles. The Morgan fingerprint density at radius 2 is 2.21 bits per heavy atom. The molecule has 3 nitrogen and oxygen atoms in total. The first-order chi connectivity index (χ1) is 6.76. The van der Waals surface area contributed by atoms with Gasteiger partial charge in [0.1, 0.15) is 5.75 Å². The van der Waals surface area contributed by atoms with E-state index in [1.807, 2.05) is 19.1 Å². The van der Waals surface area contributed by atoms with Crippen LogP contribution in [0.2, 0.25) is 0 Å². The number of aromatic nitrogens is 1. The third-order valence-corrected chi connectivity index (χ3v) is 2.10. The minimum atomic E-state index is 0.209. The van der Waals surface area contributed by atoms with Gasteiger partial charge < -0.3 is 10.5 Å².